The summed E-state index contributed by atoms with van der Waals surface area (Å²) < 4.78 is 36.5. The van der Waals surface area contributed by atoms with Crippen LogP contribution in [-0.2, 0) is 4.79 Å². The van der Waals surface area contributed by atoms with Crippen LogP contribution >= 0.6 is 0 Å². The summed E-state index contributed by atoms with van der Waals surface area (Å²) in [6.07, 6.45) is -6.17. The van der Waals surface area contributed by atoms with Crippen LogP contribution in [0.3, 0.4) is 0 Å². The standard InChI is InChI=1S/C9H15F3N2O5/c1-5(16)6(7(17)18)13-8(19)14(2-3-15)4-9(10,11)12/h5-6,15-16H,2-4H2,1H3,(H,13,19)(H,17,18). The van der Waals surface area contributed by atoms with Crippen LogP contribution in [0.5, 0.6) is 0 Å². The number of alkyl halides is 3. The number of amides is 2. The van der Waals surface area contributed by atoms with Crippen molar-refractivity contribution in [2.24, 2.45) is 0 Å². The Morgan fingerprint density at radius 2 is 1.89 bits per heavy atom. The van der Waals surface area contributed by atoms with Gasteiger partial charge >= 0.3 is 18.2 Å². The van der Waals surface area contributed by atoms with Crippen molar-refractivity contribution in [3.63, 3.8) is 0 Å². The zero-order valence-electron chi connectivity index (χ0n) is 10.0. The van der Waals surface area contributed by atoms with Crippen molar-refractivity contribution in [2.75, 3.05) is 19.7 Å². The summed E-state index contributed by atoms with van der Waals surface area (Å²) in [7, 11) is 0. The molecule has 10 heteroatoms. The van der Waals surface area contributed by atoms with Gasteiger partial charge in [0.1, 0.15) is 6.54 Å². The van der Waals surface area contributed by atoms with Crippen LogP contribution in [0.4, 0.5) is 18.0 Å². The van der Waals surface area contributed by atoms with Crippen molar-refractivity contribution >= 4 is 12.0 Å². The van der Waals surface area contributed by atoms with E-state index < -0.39 is 50.0 Å². The van der Waals surface area contributed by atoms with Crippen LogP contribution in [-0.4, -0.2) is 70.2 Å². The predicted octanol–water partition coefficient (Wildman–Crippen LogP) is -0.613. The number of aliphatic hydroxyl groups is 2. The second kappa shape index (κ2) is 7.14. The molecule has 0 aliphatic carbocycles. The van der Waals surface area contributed by atoms with Crippen molar-refractivity contribution in [1.82, 2.24) is 10.2 Å². The van der Waals surface area contributed by atoms with Gasteiger partial charge in [0.05, 0.1) is 12.7 Å². The first-order valence-electron chi connectivity index (χ1n) is 5.22. The lowest BCUT2D eigenvalue weighted by molar-refractivity contribution is -0.143. The fourth-order valence-electron chi connectivity index (χ4n) is 1.20. The van der Waals surface area contributed by atoms with E-state index in [1.807, 2.05) is 0 Å². The highest BCUT2D eigenvalue weighted by atomic mass is 19.4. The highest BCUT2D eigenvalue weighted by Crippen LogP contribution is 2.16. The molecule has 0 rings (SSSR count). The van der Waals surface area contributed by atoms with Gasteiger partial charge in [-0.15, -0.1) is 0 Å². The summed E-state index contributed by atoms with van der Waals surface area (Å²) in [6, 6.07) is -3.07. The molecule has 4 N–H and O–H groups in total. The fourth-order valence-corrected chi connectivity index (χ4v) is 1.20. The minimum atomic E-state index is -4.68. The lowest BCUT2D eigenvalue weighted by Crippen LogP contribution is -2.54. The van der Waals surface area contributed by atoms with E-state index >= 15 is 0 Å². The Hall–Kier alpha value is -1.55. The number of carbonyl (C=O) groups excluding carboxylic acids is 1. The molecule has 0 aliphatic heterocycles. The zero-order chi connectivity index (χ0) is 15.2. The van der Waals surface area contributed by atoms with Gasteiger partial charge in [-0.3, -0.25) is 0 Å². The summed E-state index contributed by atoms with van der Waals surface area (Å²) in [5, 5.41) is 28.1. The van der Waals surface area contributed by atoms with Crippen molar-refractivity contribution in [2.45, 2.75) is 25.2 Å². The molecule has 0 fully saturated rings. The van der Waals surface area contributed by atoms with Crippen molar-refractivity contribution in [3.05, 3.63) is 0 Å². The maximum atomic E-state index is 12.2. The molecule has 0 aromatic carbocycles. The number of urea groups is 1. The van der Waals surface area contributed by atoms with Crippen LogP contribution < -0.4 is 5.32 Å². The van der Waals surface area contributed by atoms with Gasteiger partial charge in [-0.25, -0.2) is 9.59 Å². The first-order valence-corrected chi connectivity index (χ1v) is 5.22. The molecule has 0 radical (unpaired) electrons. The van der Waals surface area contributed by atoms with E-state index in [0.29, 0.717) is 0 Å². The lowest BCUT2D eigenvalue weighted by atomic mass is 10.2. The van der Waals surface area contributed by atoms with E-state index in [9.17, 15) is 22.8 Å². The third-order valence-electron chi connectivity index (χ3n) is 2.05. The average molecular weight is 288 g/mol. The molecule has 0 spiro atoms. The van der Waals surface area contributed by atoms with Gasteiger partial charge in [-0.2, -0.15) is 13.2 Å². The molecule has 19 heavy (non-hydrogen) atoms. The third-order valence-corrected chi connectivity index (χ3v) is 2.05. The first kappa shape index (κ1) is 17.4. The van der Waals surface area contributed by atoms with Gasteiger partial charge < -0.3 is 25.5 Å². The molecule has 0 aromatic heterocycles. The SMILES string of the molecule is CC(O)C(NC(=O)N(CCO)CC(F)(F)F)C(=O)O. The molecule has 0 heterocycles. The minimum absolute atomic E-state index is 0.207. The number of carbonyl (C=O) groups is 2. The molecule has 7 nitrogen and oxygen atoms in total. The second-order valence-electron chi connectivity index (χ2n) is 3.77. The molecule has 2 atom stereocenters. The summed E-state index contributed by atoms with van der Waals surface area (Å²) in [5.41, 5.74) is 0. The predicted molar refractivity (Wildman–Crippen MR) is 56.4 cm³/mol. The van der Waals surface area contributed by atoms with Gasteiger partial charge in [-0.05, 0) is 6.92 Å². The molecule has 0 aromatic rings. The van der Waals surface area contributed by atoms with Crippen LogP contribution in [0.1, 0.15) is 6.92 Å². The Labute approximate surface area is 106 Å². The highest BCUT2D eigenvalue weighted by Gasteiger charge is 2.34. The van der Waals surface area contributed by atoms with Gasteiger partial charge in [0.15, 0.2) is 6.04 Å². The molecule has 0 aliphatic rings. The summed E-state index contributed by atoms with van der Waals surface area (Å²) >= 11 is 0. The number of halogens is 3. The van der Waals surface area contributed by atoms with Crippen molar-refractivity contribution in [3.8, 4) is 0 Å². The number of nitrogens with one attached hydrogen (secondary N) is 1. The Morgan fingerprint density at radius 3 is 2.21 bits per heavy atom. The number of carboxylic acids is 1. The number of aliphatic hydroxyl groups excluding tert-OH is 2. The molecule has 2 amide bonds. The Bertz CT molecular complexity index is 321. The largest absolute Gasteiger partial charge is 0.480 e. The number of hydrogen-bond acceptors (Lipinski definition) is 4. The van der Waals surface area contributed by atoms with Crippen LogP contribution in [0.25, 0.3) is 0 Å². The molecule has 0 bridgehead atoms. The molecule has 0 saturated carbocycles. The van der Waals surface area contributed by atoms with Gasteiger partial charge in [-0.1, -0.05) is 0 Å². The van der Waals surface area contributed by atoms with E-state index in [-0.39, 0.29) is 4.90 Å². The normalized spacial score (nSPS) is 14.6. The van der Waals surface area contributed by atoms with E-state index in [0.717, 1.165) is 6.92 Å². The number of carboxylic acid groups (broad SMARTS) is 1. The highest BCUT2D eigenvalue weighted by molar-refractivity contribution is 5.83. The monoisotopic (exact) mass is 288 g/mol. The Morgan fingerprint density at radius 1 is 1.37 bits per heavy atom. The Balaban J connectivity index is 4.76. The van der Waals surface area contributed by atoms with Gasteiger partial charge in [0, 0.05) is 6.54 Å². The van der Waals surface area contributed by atoms with Crippen LogP contribution in [0.2, 0.25) is 0 Å². The summed E-state index contributed by atoms with van der Waals surface area (Å²) in [6.45, 7) is -1.89. The lowest BCUT2D eigenvalue weighted by Gasteiger charge is -2.26. The van der Waals surface area contributed by atoms with E-state index in [1.165, 1.54) is 0 Å². The zero-order valence-corrected chi connectivity index (χ0v) is 10.0. The number of hydrogen-bond donors (Lipinski definition) is 4. The van der Waals surface area contributed by atoms with E-state index in [2.05, 4.69) is 0 Å². The molecule has 112 valence electrons. The molecular formula is C9H15F3N2O5. The molecular weight excluding hydrogens is 273 g/mol. The Kier molecular flexibility index (Phi) is 6.56. The topological polar surface area (TPSA) is 110 Å². The summed E-state index contributed by atoms with van der Waals surface area (Å²) in [5.74, 6) is -1.58. The van der Waals surface area contributed by atoms with Gasteiger partial charge in [0.2, 0.25) is 0 Å². The van der Waals surface area contributed by atoms with Gasteiger partial charge in [0.25, 0.3) is 0 Å². The fraction of sp³-hybridized carbons (Fsp3) is 0.778. The number of aliphatic carboxylic acids is 1. The van der Waals surface area contributed by atoms with Crippen LogP contribution in [0.15, 0.2) is 0 Å². The second-order valence-corrected chi connectivity index (χ2v) is 3.77. The average Bonchev–Trinajstić information content (AvgIpc) is 2.22. The van der Waals surface area contributed by atoms with Crippen LogP contribution in [0, 0.1) is 0 Å². The third kappa shape index (κ3) is 6.82. The number of nitrogens with zero attached hydrogens (tertiary/aromatic N) is 1. The van der Waals surface area contributed by atoms with Crippen molar-refractivity contribution < 1.29 is 38.1 Å². The summed E-state index contributed by atoms with van der Waals surface area (Å²) in [4.78, 5) is 22.3. The smallest absolute Gasteiger partial charge is 0.406 e. The van der Waals surface area contributed by atoms with E-state index in [4.69, 9.17) is 15.3 Å². The minimum Gasteiger partial charge on any atom is -0.480 e. The number of rotatable bonds is 6. The van der Waals surface area contributed by atoms with Crippen molar-refractivity contribution in [1.29, 1.82) is 0 Å². The maximum absolute atomic E-state index is 12.2. The molecule has 2 unspecified atom stereocenters. The molecule has 0 saturated heterocycles. The first-order chi connectivity index (χ1) is 8.58. The maximum Gasteiger partial charge on any atom is 0.406 e. The quantitative estimate of drug-likeness (QED) is 0.521. The van der Waals surface area contributed by atoms with E-state index in [1.54, 1.807) is 5.32 Å².